The third-order valence-electron chi connectivity index (χ3n) is 6.70. The van der Waals surface area contributed by atoms with E-state index >= 15 is 0 Å². The molecule has 15 heteroatoms. The van der Waals surface area contributed by atoms with Gasteiger partial charge in [-0.05, 0) is 62.6 Å². The first-order valence-corrected chi connectivity index (χ1v) is 15.4. The van der Waals surface area contributed by atoms with Crippen LogP contribution in [0.2, 0.25) is 0 Å². The number of likely N-dealkylation sites (tertiary alicyclic amines) is 1. The summed E-state index contributed by atoms with van der Waals surface area (Å²) in [6.45, 7) is 4.90. The molecular formula is C26H27F2N9O2S2. The van der Waals surface area contributed by atoms with E-state index < -0.39 is 33.2 Å². The Labute approximate surface area is 239 Å². The van der Waals surface area contributed by atoms with Crippen molar-refractivity contribution < 1.29 is 17.2 Å². The highest BCUT2D eigenvalue weighted by atomic mass is 32.2. The Hall–Kier alpha value is -3.95. The lowest BCUT2D eigenvalue weighted by Gasteiger charge is -2.25. The molecule has 5 aromatic rings. The molecule has 1 aliphatic heterocycles. The van der Waals surface area contributed by atoms with Crippen LogP contribution in [-0.4, -0.2) is 54.9 Å². The number of anilines is 3. The molecule has 0 bridgehead atoms. The predicted molar refractivity (Wildman–Crippen MR) is 152 cm³/mol. The van der Waals surface area contributed by atoms with Crippen molar-refractivity contribution in [3.63, 3.8) is 0 Å². The number of sulfonamides is 1. The summed E-state index contributed by atoms with van der Waals surface area (Å²) < 4.78 is 62.4. The summed E-state index contributed by atoms with van der Waals surface area (Å²) in [7, 11) is -4.09. The molecule has 1 saturated heterocycles. The number of fused-ring (bicyclic) bond motifs is 1. The zero-order chi connectivity index (χ0) is 28.6. The molecule has 0 unspecified atom stereocenters. The SMILES string of the molecule is Cc1cn2c(-c3cnn(CS(=O)(=O)Nc4cccc(F)c4F)c3)cnc2c(Nc2cc(CN3CCCCC3)ns2)n1. The van der Waals surface area contributed by atoms with Gasteiger partial charge in [-0.25, -0.2) is 27.2 Å². The zero-order valence-electron chi connectivity index (χ0n) is 22.1. The van der Waals surface area contributed by atoms with E-state index in [0.29, 0.717) is 22.7 Å². The van der Waals surface area contributed by atoms with Gasteiger partial charge in [-0.15, -0.1) is 0 Å². The van der Waals surface area contributed by atoms with Gasteiger partial charge in [0.1, 0.15) is 5.00 Å². The van der Waals surface area contributed by atoms with Crippen LogP contribution in [0.5, 0.6) is 0 Å². The van der Waals surface area contributed by atoms with Crippen molar-refractivity contribution >= 4 is 43.7 Å². The Kier molecular flexibility index (Phi) is 7.40. The van der Waals surface area contributed by atoms with E-state index in [4.69, 9.17) is 0 Å². The molecule has 0 spiro atoms. The number of piperidine rings is 1. The van der Waals surface area contributed by atoms with Crippen molar-refractivity contribution in [2.24, 2.45) is 0 Å². The van der Waals surface area contributed by atoms with Crippen LogP contribution in [0.1, 0.15) is 30.7 Å². The standard InChI is InChI=1S/C26H27F2N9O2S2/c1-17-13-37-22(18-11-30-36(14-18)16-41(38,39)34-21-7-5-6-20(27)24(21)28)12-29-26(37)25(31-17)32-23-10-19(33-40-23)15-35-8-3-2-4-9-35/h5-7,10-14,34H,2-4,8-9,15-16H2,1H3,(H,31,32). The smallest absolute Gasteiger partial charge is 0.253 e. The molecule has 1 aromatic carbocycles. The number of nitrogens with one attached hydrogen (secondary N) is 2. The molecule has 0 atom stereocenters. The second-order valence-electron chi connectivity index (χ2n) is 9.93. The molecule has 0 aliphatic carbocycles. The van der Waals surface area contributed by atoms with Gasteiger partial charge >= 0.3 is 0 Å². The van der Waals surface area contributed by atoms with E-state index in [1.54, 1.807) is 12.4 Å². The fourth-order valence-corrected chi connectivity index (χ4v) is 6.54. The maximum Gasteiger partial charge on any atom is 0.253 e. The van der Waals surface area contributed by atoms with Gasteiger partial charge in [0, 0.05) is 24.5 Å². The van der Waals surface area contributed by atoms with E-state index in [-0.39, 0.29) is 0 Å². The number of nitrogens with zero attached hydrogens (tertiary/aromatic N) is 7. The summed E-state index contributed by atoms with van der Waals surface area (Å²) in [6, 6.07) is 5.31. The quantitative estimate of drug-likeness (QED) is 0.249. The van der Waals surface area contributed by atoms with E-state index in [1.807, 2.05) is 23.6 Å². The summed E-state index contributed by atoms with van der Waals surface area (Å²) in [5.41, 5.74) is 3.17. The topological polar surface area (TPSA) is 122 Å². The lowest BCUT2D eigenvalue weighted by atomic mass is 10.1. The Morgan fingerprint density at radius 1 is 1.10 bits per heavy atom. The van der Waals surface area contributed by atoms with Crippen molar-refractivity contribution in [2.75, 3.05) is 23.1 Å². The maximum absolute atomic E-state index is 14.0. The molecule has 5 heterocycles. The first-order chi connectivity index (χ1) is 19.7. The van der Waals surface area contributed by atoms with Crippen molar-refractivity contribution in [1.29, 1.82) is 0 Å². The highest BCUT2D eigenvalue weighted by Crippen LogP contribution is 2.28. The number of aromatic nitrogens is 6. The second-order valence-corrected chi connectivity index (χ2v) is 12.4. The number of benzene rings is 1. The number of aryl methyl sites for hydroxylation is 1. The van der Waals surface area contributed by atoms with Crippen molar-refractivity contribution in [3.05, 3.63) is 72.1 Å². The maximum atomic E-state index is 14.0. The van der Waals surface area contributed by atoms with Crippen molar-refractivity contribution in [1.82, 2.24) is 33.4 Å². The van der Waals surface area contributed by atoms with Crippen LogP contribution in [0.25, 0.3) is 16.9 Å². The second kappa shape index (κ2) is 11.1. The zero-order valence-corrected chi connectivity index (χ0v) is 23.7. The summed E-state index contributed by atoms with van der Waals surface area (Å²) in [4.78, 5) is 11.6. The van der Waals surface area contributed by atoms with E-state index in [2.05, 4.69) is 34.4 Å². The van der Waals surface area contributed by atoms with Crippen LogP contribution in [0.4, 0.5) is 25.3 Å². The number of rotatable bonds is 9. The predicted octanol–water partition coefficient (Wildman–Crippen LogP) is 4.76. The van der Waals surface area contributed by atoms with Gasteiger partial charge in [0.2, 0.25) is 0 Å². The number of hydrogen-bond donors (Lipinski definition) is 2. The molecule has 0 amide bonds. The number of halogens is 2. The molecule has 214 valence electrons. The lowest BCUT2D eigenvalue weighted by molar-refractivity contribution is 0.219. The van der Waals surface area contributed by atoms with Gasteiger partial charge in [0.25, 0.3) is 10.0 Å². The third kappa shape index (κ3) is 6.06. The fraction of sp³-hybridized carbons (Fsp3) is 0.308. The molecule has 0 saturated carbocycles. The van der Waals surface area contributed by atoms with Gasteiger partial charge in [0.05, 0.1) is 35.2 Å². The number of imidazole rings is 1. The summed E-state index contributed by atoms with van der Waals surface area (Å²) in [5.74, 6) is -2.45. The Morgan fingerprint density at radius 2 is 1.93 bits per heavy atom. The van der Waals surface area contributed by atoms with Gasteiger partial charge in [0.15, 0.2) is 29.0 Å². The van der Waals surface area contributed by atoms with Crippen LogP contribution in [0, 0.1) is 18.6 Å². The normalized spacial score (nSPS) is 14.5. The van der Waals surface area contributed by atoms with Crippen molar-refractivity contribution in [3.8, 4) is 11.3 Å². The van der Waals surface area contributed by atoms with Gasteiger partial charge in [-0.2, -0.15) is 9.47 Å². The summed E-state index contributed by atoms with van der Waals surface area (Å²) in [5, 5.41) is 8.37. The monoisotopic (exact) mass is 599 g/mol. The van der Waals surface area contributed by atoms with Gasteiger partial charge in [-0.1, -0.05) is 12.5 Å². The molecular weight excluding hydrogens is 572 g/mol. The molecule has 41 heavy (non-hydrogen) atoms. The first kappa shape index (κ1) is 27.2. The minimum Gasteiger partial charge on any atom is -0.328 e. The number of hydrogen-bond acceptors (Lipinski definition) is 9. The molecule has 4 aromatic heterocycles. The average Bonchev–Trinajstić information content (AvgIpc) is 3.67. The van der Waals surface area contributed by atoms with Gasteiger partial charge < -0.3 is 5.32 Å². The average molecular weight is 600 g/mol. The Bertz CT molecular complexity index is 1810. The largest absolute Gasteiger partial charge is 0.328 e. The minimum absolute atomic E-state index is 0.471. The van der Waals surface area contributed by atoms with Crippen LogP contribution in [0.15, 0.2) is 49.1 Å². The first-order valence-electron chi connectivity index (χ1n) is 13.0. The van der Waals surface area contributed by atoms with Crippen LogP contribution >= 0.6 is 11.5 Å². The summed E-state index contributed by atoms with van der Waals surface area (Å²) in [6.07, 6.45) is 10.3. The van der Waals surface area contributed by atoms with Crippen molar-refractivity contribution in [2.45, 2.75) is 38.6 Å². The van der Waals surface area contributed by atoms with Crippen LogP contribution in [0.3, 0.4) is 0 Å². The van der Waals surface area contributed by atoms with Crippen LogP contribution in [-0.2, 0) is 22.4 Å². The highest BCUT2D eigenvalue weighted by molar-refractivity contribution is 7.91. The van der Waals surface area contributed by atoms with E-state index in [1.165, 1.54) is 47.7 Å². The van der Waals surface area contributed by atoms with E-state index in [9.17, 15) is 17.2 Å². The molecule has 11 nitrogen and oxygen atoms in total. The Balaban J connectivity index is 1.20. The molecule has 0 radical (unpaired) electrons. The molecule has 1 fully saturated rings. The Morgan fingerprint density at radius 3 is 2.76 bits per heavy atom. The lowest BCUT2D eigenvalue weighted by Crippen LogP contribution is -2.29. The molecule has 6 rings (SSSR count). The van der Waals surface area contributed by atoms with Crippen LogP contribution < -0.4 is 10.0 Å². The summed E-state index contributed by atoms with van der Waals surface area (Å²) >= 11 is 1.38. The highest BCUT2D eigenvalue weighted by Gasteiger charge is 2.19. The van der Waals surface area contributed by atoms with Gasteiger partial charge in [-0.3, -0.25) is 18.7 Å². The molecule has 2 N–H and O–H groups in total. The third-order valence-corrected chi connectivity index (χ3v) is 8.57. The van der Waals surface area contributed by atoms with E-state index in [0.717, 1.165) is 48.2 Å². The molecule has 1 aliphatic rings. The fourth-order valence-electron chi connectivity index (χ4n) is 4.84. The minimum atomic E-state index is -4.09.